The van der Waals surface area contributed by atoms with Crippen molar-refractivity contribution in [2.24, 2.45) is 0 Å². The van der Waals surface area contributed by atoms with Crippen LogP contribution in [0.5, 0.6) is 0 Å². The highest BCUT2D eigenvalue weighted by Gasteiger charge is 2.28. The summed E-state index contributed by atoms with van der Waals surface area (Å²) in [6.45, 7) is 1.51. The van der Waals surface area contributed by atoms with Crippen LogP contribution < -0.4 is 0 Å². The van der Waals surface area contributed by atoms with Gasteiger partial charge in [-0.15, -0.1) is 0 Å². The molecule has 94 valence electrons. The molecule has 1 aromatic carbocycles. The van der Waals surface area contributed by atoms with Gasteiger partial charge in [-0.3, -0.25) is 0 Å². The first-order valence-corrected chi connectivity index (χ1v) is 5.15. The van der Waals surface area contributed by atoms with Crippen LogP contribution in [-0.2, 0) is 9.53 Å². The van der Waals surface area contributed by atoms with E-state index < -0.39 is 24.0 Å². The van der Waals surface area contributed by atoms with Gasteiger partial charge in [0.2, 0.25) is 0 Å². The fraction of sp³-hybridized carbons (Fsp3) is 0.364. The van der Waals surface area contributed by atoms with E-state index in [1.54, 1.807) is 0 Å². The van der Waals surface area contributed by atoms with Crippen LogP contribution >= 0.6 is 11.6 Å². The molecule has 1 aromatic rings. The third-order valence-electron chi connectivity index (χ3n) is 2.34. The van der Waals surface area contributed by atoms with Gasteiger partial charge in [0.25, 0.3) is 0 Å². The standard InChI is InChI=1S/C11H12ClFO4/c1-5-3-7(12)6(4-8(5)13)9(14)10(15)11(16)17-2/h3-4,9-10,14-15H,1-2H3. The fourth-order valence-corrected chi connectivity index (χ4v) is 1.64. The number of aliphatic hydroxyl groups excluding tert-OH is 2. The summed E-state index contributed by atoms with van der Waals surface area (Å²) in [5.41, 5.74) is 0.242. The summed E-state index contributed by atoms with van der Waals surface area (Å²) >= 11 is 5.80. The third kappa shape index (κ3) is 2.94. The first-order valence-electron chi connectivity index (χ1n) is 4.78. The Kier molecular flexibility index (Phi) is 4.45. The van der Waals surface area contributed by atoms with Crippen LogP contribution in [0.25, 0.3) is 0 Å². The van der Waals surface area contributed by atoms with Crippen LogP contribution in [0.15, 0.2) is 12.1 Å². The molecule has 2 atom stereocenters. The predicted molar refractivity (Wildman–Crippen MR) is 59.1 cm³/mol. The molecule has 0 fully saturated rings. The molecular weight excluding hydrogens is 251 g/mol. The summed E-state index contributed by atoms with van der Waals surface area (Å²) in [4.78, 5) is 11.0. The zero-order valence-corrected chi connectivity index (χ0v) is 10.0. The topological polar surface area (TPSA) is 66.8 Å². The summed E-state index contributed by atoms with van der Waals surface area (Å²) in [5, 5.41) is 19.2. The summed E-state index contributed by atoms with van der Waals surface area (Å²) in [6, 6.07) is 2.29. The van der Waals surface area contributed by atoms with Crippen molar-refractivity contribution in [1.29, 1.82) is 0 Å². The number of hydrogen-bond acceptors (Lipinski definition) is 4. The number of carbonyl (C=O) groups excluding carboxylic acids is 1. The van der Waals surface area contributed by atoms with Gasteiger partial charge in [-0.2, -0.15) is 0 Å². The van der Waals surface area contributed by atoms with Gasteiger partial charge in [-0.25, -0.2) is 9.18 Å². The molecule has 0 amide bonds. The maximum Gasteiger partial charge on any atom is 0.337 e. The molecule has 0 aliphatic heterocycles. The van der Waals surface area contributed by atoms with Crippen molar-refractivity contribution in [3.8, 4) is 0 Å². The molecule has 2 unspecified atom stereocenters. The maximum atomic E-state index is 13.3. The van der Waals surface area contributed by atoms with Crippen molar-refractivity contribution in [1.82, 2.24) is 0 Å². The van der Waals surface area contributed by atoms with Crippen molar-refractivity contribution in [3.05, 3.63) is 34.1 Å². The van der Waals surface area contributed by atoms with Gasteiger partial charge in [0.1, 0.15) is 11.9 Å². The van der Waals surface area contributed by atoms with Crippen molar-refractivity contribution < 1.29 is 24.1 Å². The van der Waals surface area contributed by atoms with E-state index in [2.05, 4.69) is 4.74 Å². The van der Waals surface area contributed by atoms with Gasteiger partial charge < -0.3 is 14.9 Å². The summed E-state index contributed by atoms with van der Waals surface area (Å²) in [5.74, 6) is -1.60. The molecule has 2 N–H and O–H groups in total. The van der Waals surface area contributed by atoms with Crippen molar-refractivity contribution in [3.63, 3.8) is 0 Å². The summed E-state index contributed by atoms with van der Waals surface area (Å²) < 4.78 is 17.6. The summed E-state index contributed by atoms with van der Waals surface area (Å²) in [6.07, 6.45) is -3.44. The molecule has 0 saturated heterocycles. The molecule has 6 heteroatoms. The Labute approximate surface area is 103 Å². The molecule has 0 heterocycles. The number of aryl methyl sites for hydroxylation is 1. The smallest absolute Gasteiger partial charge is 0.337 e. The Morgan fingerprint density at radius 3 is 2.59 bits per heavy atom. The maximum absolute atomic E-state index is 13.3. The number of aliphatic hydroxyl groups is 2. The van der Waals surface area contributed by atoms with E-state index in [1.807, 2.05) is 0 Å². The lowest BCUT2D eigenvalue weighted by atomic mass is 10.0. The monoisotopic (exact) mass is 262 g/mol. The van der Waals surface area contributed by atoms with Gasteiger partial charge in [-0.1, -0.05) is 11.6 Å². The molecule has 0 aromatic heterocycles. The minimum Gasteiger partial charge on any atom is -0.467 e. The van der Waals surface area contributed by atoms with Gasteiger partial charge >= 0.3 is 5.97 Å². The van der Waals surface area contributed by atoms with Crippen molar-refractivity contribution in [2.45, 2.75) is 19.1 Å². The highest BCUT2D eigenvalue weighted by Crippen LogP contribution is 2.28. The number of ether oxygens (including phenoxy) is 1. The second kappa shape index (κ2) is 5.44. The SMILES string of the molecule is COC(=O)C(O)C(O)c1cc(F)c(C)cc1Cl. The Balaban J connectivity index is 3.08. The number of rotatable bonds is 3. The Hall–Kier alpha value is -1.17. The quantitative estimate of drug-likeness (QED) is 0.807. The molecule has 1 rings (SSSR count). The lowest BCUT2D eigenvalue weighted by molar-refractivity contribution is -0.156. The average molecular weight is 263 g/mol. The lowest BCUT2D eigenvalue weighted by Crippen LogP contribution is -2.29. The number of esters is 1. The van der Waals surface area contributed by atoms with Gasteiger partial charge in [0.15, 0.2) is 6.10 Å². The molecule has 4 nitrogen and oxygen atoms in total. The number of carbonyl (C=O) groups is 1. The number of methoxy groups -OCH3 is 1. The number of halogens is 2. The van der Waals surface area contributed by atoms with Crippen LogP contribution in [0.4, 0.5) is 4.39 Å². The highest BCUT2D eigenvalue weighted by atomic mass is 35.5. The second-order valence-electron chi connectivity index (χ2n) is 3.54. The van der Waals surface area contributed by atoms with Crippen LogP contribution in [0, 0.1) is 12.7 Å². The molecule has 0 aliphatic carbocycles. The minimum absolute atomic E-state index is 0.0623. The van der Waals surface area contributed by atoms with Crippen molar-refractivity contribution >= 4 is 17.6 Å². The second-order valence-corrected chi connectivity index (χ2v) is 3.94. The van der Waals surface area contributed by atoms with Crippen LogP contribution in [0.2, 0.25) is 5.02 Å². The molecule has 0 bridgehead atoms. The third-order valence-corrected chi connectivity index (χ3v) is 2.67. The first-order chi connectivity index (χ1) is 7.88. The molecular formula is C11H12ClFO4. The van der Waals surface area contributed by atoms with Gasteiger partial charge in [-0.05, 0) is 24.6 Å². The molecule has 0 radical (unpaired) electrons. The van der Waals surface area contributed by atoms with E-state index in [0.29, 0.717) is 5.56 Å². The average Bonchev–Trinajstić information content (AvgIpc) is 2.31. The zero-order chi connectivity index (χ0) is 13.2. The van der Waals surface area contributed by atoms with E-state index in [4.69, 9.17) is 11.6 Å². The minimum atomic E-state index is -1.81. The van der Waals surface area contributed by atoms with Gasteiger partial charge in [0, 0.05) is 10.6 Å². The Morgan fingerprint density at radius 1 is 1.47 bits per heavy atom. The van der Waals surface area contributed by atoms with Crippen LogP contribution in [-0.4, -0.2) is 29.4 Å². The first kappa shape index (κ1) is 13.9. The molecule has 0 spiro atoms. The normalized spacial score (nSPS) is 14.2. The zero-order valence-electron chi connectivity index (χ0n) is 9.28. The van der Waals surface area contributed by atoms with Crippen LogP contribution in [0.1, 0.15) is 17.2 Å². The van der Waals surface area contributed by atoms with E-state index >= 15 is 0 Å². The van der Waals surface area contributed by atoms with Crippen molar-refractivity contribution in [2.75, 3.05) is 7.11 Å². The molecule has 0 saturated carbocycles. The van der Waals surface area contributed by atoms with E-state index in [-0.39, 0.29) is 10.6 Å². The Bertz CT molecular complexity index is 436. The van der Waals surface area contributed by atoms with E-state index in [9.17, 15) is 19.4 Å². The van der Waals surface area contributed by atoms with Crippen LogP contribution in [0.3, 0.4) is 0 Å². The van der Waals surface area contributed by atoms with E-state index in [1.165, 1.54) is 13.0 Å². The molecule has 17 heavy (non-hydrogen) atoms. The number of benzene rings is 1. The lowest BCUT2D eigenvalue weighted by Gasteiger charge is -2.17. The molecule has 0 aliphatic rings. The van der Waals surface area contributed by atoms with Gasteiger partial charge in [0.05, 0.1) is 7.11 Å². The predicted octanol–water partition coefficient (Wildman–Crippen LogP) is 1.35. The van der Waals surface area contributed by atoms with E-state index in [0.717, 1.165) is 13.2 Å². The largest absolute Gasteiger partial charge is 0.467 e. The highest BCUT2D eigenvalue weighted by molar-refractivity contribution is 6.31. The fourth-order valence-electron chi connectivity index (χ4n) is 1.31. The number of hydrogen-bond donors (Lipinski definition) is 2. The Morgan fingerprint density at radius 2 is 2.06 bits per heavy atom. The summed E-state index contributed by atoms with van der Waals surface area (Å²) in [7, 11) is 1.07.